The van der Waals surface area contributed by atoms with Gasteiger partial charge in [0.05, 0.1) is 12.0 Å². The monoisotopic (exact) mass is 737 g/mol. The number of aliphatic carboxylic acids is 2. The third kappa shape index (κ3) is 14.2. The van der Waals surface area contributed by atoms with Crippen LogP contribution < -0.4 is 15.0 Å². The summed E-state index contributed by atoms with van der Waals surface area (Å²) >= 11 is 0. The topological polar surface area (TPSA) is 123 Å². The minimum Gasteiger partial charge on any atom is -0.486 e. The molecule has 0 spiro atoms. The number of hydrogen-bond acceptors (Lipinski definition) is 7. The molecule has 53 heavy (non-hydrogen) atoms. The van der Waals surface area contributed by atoms with Gasteiger partial charge in [-0.25, -0.2) is 4.79 Å². The molecule has 0 aromatic heterocycles. The van der Waals surface area contributed by atoms with Crippen molar-refractivity contribution in [3.05, 3.63) is 125 Å². The highest BCUT2D eigenvalue weighted by Gasteiger charge is 2.30. The minimum absolute atomic E-state index is 0.203. The highest BCUT2D eigenvalue weighted by atomic mass is 19.4. The van der Waals surface area contributed by atoms with E-state index in [4.69, 9.17) is 20.1 Å². The summed E-state index contributed by atoms with van der Waals surface area (Å²) < 4.78 is 43.6. The van der Waals surface area contributed by atoms with Gasteiger partial charge in [0.15, 0.2) is 6.10 Å². The van der Waals surface area contributed by atoms with Crippen LogP contribution in [0.5, 0.6) is 5.75 Å². The summed E-state index contributed by atoms with van der Waals surface area (Å²) in [5.41, 5.74) is 6.03. The molecule has 0 aliphatic carbocycles. The number of nitrogens with zero attached hydrogens (tertiary/aromatic N) is 2. The van der Waals surface area contributed by atoms with E-state index < -0.39 is 36.2 Å². The normalized spacial score (nSPS) is 13.8. The number of carboxylic acids is 2. The van der Waals surface area contributed by atoms with Crippen molar-refractivity contribution in [2.75, 3.05) is 45.7 Å². The van der Waals surface area contributed by atoms with Gasteiger partial charge < -0.3 is 35.2 Å². The molecule has 0 saturated heterocycles. The number of anilines is 2. The van der Waals surface area contributed by atoms with E-state index in [-0.39, 0.29) is 6.10 Å². The van der Waals surface area contributed by atoms with E-state index in [0.29, 0.717) is 11.7 Å². The van der Waals surface area contributed by atoms with Gasteiger partial charge in [-0.1, -0.05) is 73.7 Å². The van der Waals surface area contributed by atoms with Gasteiger partial charge in [-0.05, 0) is 99.5 Å². The van der Waals surface area contributed by atoms with Gasteiger partial charge in [0.25, 0.3) is 0 Å². The van der Waals surface area contributed by atoms with Crippen LogP contribution in [0, 0.1) is 5.92 Å². The number of alkyl halides is 3. The number of carboxylic acid groups (broad SMARTS) is 2. The van der Waals surface area contributed by atoms with Crippen molar-refractivity contribution < 1.29 is 42.8 Å². The second-order valence-corrected chi connectivity index (χ2v) is 13.1. The van der Waals surface area contributed by atoms with Gasteiger partial charge in [0, 0.05) is 30.9 Å². The molecule has 3 atom stereocenters. The van der Waals surface area contributed by atoms with Crippen molar-refractivity contribution >= 4 is 23.3 Å². The number of hydrogen-bond donors (Lipinski definition) is 4. The number of fused-ring (bicyclic) bond motifs is 2. The lowest BCUT2D eigenvalue weighted by Crippen LogP contribution is -2.30. The lowest BCUT2D eigenvalue weighted by atomic mass is 10.0. The first-order chi connectivity index (χ1) is 25.2. The Balaban J connectivity index is 0.000000233. The van der Waals surface area contributed by atoms with E-state index in [1.165, 1.54) is 34.6 Å². The fraction of sp³-hybridized carbons (Fsp3) is 0.366. The van der Waals surface area contributed by atoms with Crippen molar-refractivity contribution in [1.29, 1.82) is 0 Å². The summed E-state index contributed by atoms with van der Waals surface area (Å²) in [6.45, 7) is 5.27. The molecule has 1 heterocycles. The van der Waals surface area contributed by atoms with Gasteiger partial charge in [-0.3, -0.25) is 4.79 Å². The Hall–Kier alpha value is -4.91. The molecule has 0 amide bonds. The van der Waals surface area contributed by atoms with E-state index >= 15 is 0 Å². The fourth-order valence-electron chi connectivity index (χ4n) is 5.94. The van der Waals surface area contributed by atoms with E-state index in [1.807, 2.05) is 37.4 Å². The number of benzene rings is 4. The van der Waals surface area contributed by atoms with Gasteiger partial charge >= 0.3 is 18.1 Å². The molecule has 1 aliphatic heterocycles. The van der Waals surface area contributed by atoms with Gasteiger partial charge in [-0.15, -0.1) is 0 Å². The van der Waals surface area contributed by atoms with Crippen LogP contribution in [0.25, 0.3) is 0 Å². The molecule has 9 nitrogen and oxygen atoms in total. The second-order valence-electron chi connectivity index (χ2n) is 13.1. The molecule has 1 aliphatic rings. The first kappa shape index (κ1) is 42.5. The van der Waals surface area contributed by atoms with E-state index in [1.54, 1.807) is 0 Å². The first-order valence-corrected chi connectivity index (χ1v) is 17.4. The van der Waals surface area contributed by atoms with Gasteiger partial charge in [-0.2, -0.15) is 13.2 Å². The molecule has 12 heteroatoms. The SMILES string of the molecule is CC(CN(C)C)CN1c2ccccc2CCc2ccccc21.CNCCC(Oc1ccc(C(F)(F)F)cc1)c1ccccc1.O=C(O)CC(O)C(=O)O. The first-order valence-electron chi connectivity index (χ1n) is 17.4. The quantitative estimate of drug-likeness (QED) is 0.111. The van der Waals surface area contributed by atoms with Crippen molar-refractivity contribution in [1.82, 2.24) is 10.2 Å². The molecule has 4 N–H and O–H groups in total. The Morgan fingerprint density at radius 3 is 1.83 bits per heavy atom. The van der Waals surface area contributed by atoms with Crippen LogP contribution in [-0.2, 0) is 28.6 Å². The summed E-state index contributed by atoms with van der Waals surface area (Å²) in [7, 11) is 6.15. The van der Waals surface area contributed by atoms with Crippen LogP contribution >= 0.6 is 0 Å². The highest BCUT2D eigenvalue weighted by molar-refractivity contribution is 5.79. The van der Waals surface area contributed by atoms with Gasteiger partial charge in [0.1, 0.15) is 11.9 Å². The molecular formula is C41H50F3N3O6. The van der Waals surface area contributed by atoms with Crippen LogP contribution in [-0.4, -0.2) is 79.0 Å². The third-order valence-electron chi connectivity index (χ3n) is 8.34. The zero-order valence-electron chi connectivity index (χ0n) is 30.6. The summed E-state index contributed by atoms with van der Waals surface area (Å²) in [6.07, 6.45) is -4.09. The average Bonchev–Trinajstić information content (AvgIpc) is 3.27. The second kappa shape index (κ2) is 21.0. The molecule has 0 radical (unpaired) electrons. The van der Waals surface area contributed by atoms with Crippen LogP contribution in [0.2, 0.25) is 0 Å². The Bertz CT molecular complexity index is 1660. The average molecular weight is 738 g/mol. The van der Waals surface area contributed by atoms with Crippen LogP contribution in [0.15, 0.2) is 103 Å². The summed E-state index contributed by atoms with van der Waals surface area (Å²) in [6, 6.07) is 32.2. The maximum absolute atomic E-state index is 12.6. The van der Waals surface area contributed by atoms with Crippen LogP contribution in [0.4, 0.5) is 24.5 Å². The smallest absolute Gasteiger partial charge is 0.416 e. The van der Waals surface area contributed by atoms with E-state index in [2.05, 4.69) is 84.7 Å². The lowest BCUT2D eigenvalue weighted by Gasteiger charge is -2.30. The predicted molar refractivity (Wildman–Crippen MR) is 201 cm³/mol. The number of aliphatic hydroxyl groups excluding tert-OH is 1. The largest absolute Gasteiger partial charge is 0.486 e. The molecule has 4 aromatic carbocycles. The number of para-hydroxylation sites is 2. The Kier molecular flexibility index (Phi) is 16.8. The van der Waals surface area contributed by atoms with Crippen molar-refractivity contribution in [3.8, 4) is 5.75 Å². The number of aryl methyl sites for hydroxylation is 2. The van der Waals surface area contributed by atoms with E-state index in [9.17, 15) is 22.8 Å². The molecule has 4 aromatic rings. The van der Waals surface area contributed by atoms with Crippen molar-refractivity contribution in [2.24, 2.45) is 5.92 Å². The number of carbonyl (C=O) groups is 2. The zero-order valence-corrected chi connectivity index (χ0v) is 30.6. The summed E-state index contributed by atoms with van der Waals surface area (Å²) in [5, 5.41) is 27.2. The van der Waals surface area contributed by atoms with E-state index in [0.717, 1.165) is 56.6 Å². The molecule has 0 fully saturated rings. The Morgan fingerprint density at radius 2 is 1.38 bits per heavy atom. The summed E-state index contributed by atoms with van der Waals surface area (Å²) in [4.78, 5) is 24.2. The molecule has 5 rings (SSSR count). The van der Waals surface area contributed by atoms with Crippen molar-refractivity contribution in [2.45, 2.75) is 51.0 Å². The van der Waals surface area contributed by atoms with Gasteiger partial charge in [0.2, 0.25) is 0 Å². The summed E-state index contributed by atoms with van der Waals surface area (Å²) in [5.74, 6) is -1.80. The molecule has 3 unspecified atom stereocenters. The minimum atomic E-state index is -4.33. The maximum Gasteiger partial charge on any atom is 0.416 e. The number of rotatable bonds is 13. The molecule has 0 bridgehead atoms. The zero-order chi connectivity index (χ0) is 39.0. The molecular weight excluding hydrogens is 687 g/mol. The molecule has 286 valence electrons. The Labute approximate surface area is 309 Å². The Morgan fingerprint density at radius 1 is 0.849 bits per heavy atom. The standard InChI is InChI=1S/C20H26N2.C17H18F3NO.C4H6O5/c1-16(14-21(2)3)15-22-19-10-6-4-8-17(19)12-13-18-9-5-7-11-20(18)22;1-21-12-11-16(13-5-3-2-4-6-13)22-15-9-7-14(8-10-15)17(18,19)20;5-2(4(8)9)1-3(6)7/h4-11,16H,12-15H2,1-3H3;2-10,16,21H,11-12H2,1H3;2,5H,1H2,(H,6,7)(H,8,9). The number of halogens is 3. The number of nitrogens with one attached hydrogen (secondary N) is 1. The lowest BCUT2D eigenvalue weighted by molar-refractivity contribution is -0.152. The predicted octanol–water partition coefficient (Wildman–Crippen LogP) is 7.46. The number of ether oxygens (including phenoxy) is 1. The fourth-order valence-corrected chi connectivity index (χ4v) is 5.94. The number of aliphatic hydroxyl groups is 1. The van der Waals surface area contributed by atoms with Crippen LogP contribution in [0.3, 0.4) is 0 Å². The molecule has 0 saturated carbocycles. The van der Waals surface area contributed by atoms with Crippen LogP contribution in [0.1, 0.15) is 48.1 Å². The van der Waals surface area contributed by atoms with Crippen molar-refractivity contribution in [3.63, 3.8) is 0 Å². The maximum atomic E-state index is 12.6. The third-order valence-corrected chi connectivity index (χ3v) is 8.34. The highest BCUT2D eigenvalue weighted by Crippen LogP contribution is 2.36.